The van der Waals surface area contributed by atoms with Gasteiger partial charge in [-0.15, -0.1) is 0 Å². The van der Waals surface area contributed by atoms with Crippen molar-refractivity contribution in [1.82, 2.24) is 10.6 Å². The van der Waals surface area contributed by atoms with E-state index in [1.807, 2.05) is 26.0 Å². The van der Waals surface area contributed by atoms with E-state index in [9.17, 15) is 9.59 Å². The average molecular weight is 288 g/mol. The van der Waals surface area contributed by atoms with Gasteiger partial charge in [-0.3, -0.25) is 9.59 Å². The van der Waals surface area contributed by atoms with Gasteiger partial charge in [0.05, 0.1) is 0 Å². The Morgan fingerprint density at radius 1 is 1.00 bits per heavy atom. The van der Waals surface area contributed by atoms with E-state index < -0.39 is 0 Å². The zero-order valence-corrected chi connectivity index (χ0v) is 12.7. The summed E-state index contributed by atoms with van der Waals surface area (Å²) in [6.07, 6.45) is 15.9. The number of allylic oxidation sites excluding steroid dienone is 6. The molecule has 1 saturated carbocycles. The van der Waals surface area contributed by atoms with Crippen molar-refractivity contribution in [3.8, 4) is 0 Å². The maximum absolute atomic E-state index is 11.7. The van der Waals surface area contributed by atoms with E-state index in [1.54, 1.807) is 24.3 Å². The zero-order chi connectivity index (χ0) is 15.5. The van der Waals surface area contributed by atoms with Crippen LogP contribution in [-0.2, 0) is 9.59 Å². The lowest BCUT2D eigenvalue weighted by molar-refractivity contribution is -0.119. The van der Waals surface area contributed by atoms with Crippen molar-refractivity contribution in [1.29, 1.82) is 0 Å². The molecule has 2 N–H and O–H groups in total. The van der Waals surface area contributed by atoms with Gasteiger partial charge in [-0.1, -0.05) is 36.5 Å². The van der Waals surface area contributed by atoms with Crippen LogP contribution in [0.2, 0.25) is 0 Å². The second-order valence-corrected chi connectivity index (χ2v) is 4.97. The minimum absolute atomic E-state index is 0.00632. The highest BCUT2D eigenvalue weighted by molar-refractivity contribution is 5.89. The van der Waals surface area contributed by atoms with Crippen LogP contribution in [0.5, 0.6) is 0 Å². The molecule has 0 aliphatic heterocycles. The second kappa shape index (κ2) is 9.75. The van der Waals surface area contributed by atoms with Crippen molar-refractivity contribution in [2.24, 2.45) is 5.92 Å². The molecule has 0 aromatic rings. The normalized spacial score (nSPS) is 17.0. The van der Waals surface area contributed by atoms with E-state index in [1.165, 1.54) is 12.2 Å². The first-order chi connectivity index (χ1) is 10.2. The maximum Gasteiger partial charge on any atom is 0.244 e. The quantitative estimate of drug-likeness (QED) is 0.532. The molecule has 0 radical (unpaired) electrons. The maximum atomic E-state index is 11.7. The van der Waals surface area contributed by atoms with Crippen LogP contribution in [0.4, 0.5) is 0 Å². The highest BCUT2D eigenvalue weighted by Gasteiger charge is 2.31. The van der Waals surface area contributed by atoms with Crippen molar-refractivity contribution in [3.63, 3.8) is 0 Å². The van der Waals surface area contributed by atoms with Gasteiger partial charge in [0, 0.05) is 24.7 Å². The van der Waals surface area contributed by atoms with Crippen molar-refractivity contribution in [3.05, 3.63) is 48.6 Å². The fraction of sp³-hybridized carbons (Fsp3) is 0.412. The van der Waals surface area contributed by atoms with Crippen molar-refractivity contribution >= 4 is 11.8 Å². The summed E-state index contributed by atoms with van der Waals surface area (Å²) in [5.41, 5.74) is 0. The Morgan fingerprint density at radius 3 is 2.10 bits per heavy atom. The Kier molecular flexibility index (Phi) is 7.87. The fourth-order valence-electron chi connectivity index (χ4n) is 1.84. The van der Waals surface area contributed by atoms with E-state index >= 15 is 0 Å². The molecule has 21 heavy (non-hydrogen) atoms. The molecule has 0 aromatic heterocycles. The highest BCUT2D eigenvalue weighted by atomic mass is 16.2. The molecule has 4 nitrogen and oxygen atoms in total. The predicted molar refractivity (Wildman–Crippen MR) is 85.6 cm³/mol. The minimum Gasteiger partial charge on any atom is -0.350 e. The topological polar surface area (TPSA) is 58.2 Å². The van der Waals surface area contributed by atoms with Gasteiger partial charge in [-0.2, -0.15) is 0 Å². The minimum atomic E-state index is -0.141. The first-order valence-electron chi connectivity index (χ1n) is 7.34. The van der Waals surface area contributed by atoms with E-state index in [2.05, 4.69) is 10.6 Å². The molecule has 4 heteroatoms. The number of hydrogen-bond acceptors (Lipinski definition) is 2. The second-order valence-electron chi connectivity index (χ2n) is 4.97. The first-order valence-corrected chi connectivity index (χ1v) is 7.34. The number of hydrogen-bond donors (Lipinski definition) is 2. The molecule has 1 rings (SSSR count). The number of nitrogens with one attached hydrogen (secondary N) is 2. The molecule has 1 fully saturated rings. The van der Waals surface area contributed by atoms with Crippen LogP contribution in [0.3, 0.4) is 0 Å². The molecule has 114 valence electrons. The van der Waals surface area contributed by atoms with Gasteiger partial charge in [0.25, 0.3) is 0 Å². The van der Waals surface area contributed by atoms with Gasteiger partial charge < -0.3 is 10.6 Å². The van der Waals surface area contributed by atoms with Crippen molar-refractivity contribution < 1.29 is 9.59 Å². The number of carbonyl (C=O) groups is 2. The molecule has 1 aliphatic carbocycles. The predicted octanol–water partition coefficient (Wildman–Crippen LogP) is 2.26. The van der Waals surface area contributed by atoms with Crippen molar-refractivity contribution in [2.75, 3.05) is 6.54 Å². The van der Waals surface area contributed by atoms with Crippen LogP contribution in [0.25, 0.3) is 0 Å². The fourth-order valence-corrected chi connectivity index (χ4v) is 1.84. The summed E-state index contributed by atoms with van der Waals surface area (Å²) in [4.78, 5) is 23.3. The van der Waals surface area contributed by atoms with Gasteiger partial charge in [0.2, 0.25) is 11.8 Å². The van der Waals surface area contributed by atoms with Crippen LogP contribution in [0.1, 0.15) is 26.7 Å². The Balaban J connectivity index is 2.40. The molecule has 2 amide bonds. The molecular weight excluding hydrogens is 264 g/mol. The molecule has 0 bridgehead atoms. The van der Waals surface area contributed by atoms with Crippen molar-refractivity contribution in [2.45, 2.75) is 32.7 Å². The molecule has 0 saturated heterocycles. The van der Waals surface area contributed by atoms with E-state index in [0.717, 1.165) is 12.8 Å². The molecule has 1 unspecified atom stereocenters. The Morgan fingerprint density at radius 2 is 1.57 bits per heavy atom. The van der Waals surface area contributed by atoms with Gasteiger partial charge in [-0.25, -0.2) is 0 Å². The van der Waals surface area contributed by atoms with Crippen LogP contribution in [0.15, 0.2) is 48.6 Å². The zero-order valence-electron chi connectivity index (χ0n) is 12.7. The number of rotatable bonds is 8. The Bertz CT molecular complexity index is 457. The Labute approximate surface area is 126 Å². The third kappa shape index (κ3) is 7.92. The SMILES string of the molecule is C/C=C/C=C/C(=O)NCC(NC(=O)/C=C/C=C/C)C1CC1. The smallest absolute Gasteiger partial charge is 0.244 e. The van der Waals surface area contributed by atoms with Gasteiger partial charge in [0.1, 0.15) is 0 Å². The summed E-state index contributed by atoms with van der Waals surface area (Å²) in [5, 5.41) is 5.77. The lowest BCUT2D eigenvalue weighted by atomic mass is 10.2. The summed E-state index contributed by atoms with van der Waals surface area (Å²) in [6, 6.07) is 0.00632. The molecule has 0 heterocycles. The standard InChI is InChI=1S/C17H24N2O2/c1-3-5-7-9-16(20)18-13-15(14-11-12-14)19-17(21)10-8-6-4-2/h3-10,14-15H,11-13H2,1-2H3,(H,18,20)(H,19,21)/b5-3+,6-4+,9-7+,10-8+. The summed E-state index contributed by atoms with van der Waals surface area (Å²) < 4.78 is 0. The largest absolute Gasteiger partial charge is 0.350 e. The summed E-state index contributed by atoms with van der Waals surface area (Å²) in [5.74, 6) is 0.213. The van der Waals surface area contributed by atoms with Crippen LogP contribution in [-0.4, -0.2) is 24.4 Å². The number of amides is 2. The monoisotopic (exact) mass is 288 g/mol. The third-order valence-corrected chi connectivity index (χ3v) is 3.12. The Hall–Kier alpha value is -2.10. The lowest BCUT2D eigenvalue weighted by Gasteiger charge is -2.17. The van der Waals surface area contributed by atoms with E-state index in [4.69, 9.17) is 0 Å². The average Bonchev–Trinajstić information content (AvgIpc) is 3.28. The molecular formula is C17H24N2O2. The molecule has 0 aromatic carbocycles. The first kappa shape index (κ1) is 17.0. The molecule has 1 atom stereocenters. The van der Waals surface area contributed by atoms with Crippen LogP contribution in [0, 0.1) is 5.92 Å². The van der Waals surface area contributed by atoms with Crippen LogP contribution >= 0.6 is 0 Å². The van der Waals surface area contributed by atoms with Gasteiger partial charge in [0.15, 0.2) is 0 Å². The van der Waals surface area contributed by atoms with E-state index in [0.29, 0.717) is 12.5 Å². The lowest BCUT2D eigenvalue weighted by Crippen LogP contribution is -2.44. The van der Waals surface area contributed by atoms with Gasteiger partial charge in [-0.05, 0) is 32.6 Å². The van der Waals surface area contributed by atoms with E-state index in [-0.39, 0.29) is 17.9 Å². The summed E-state index contributed by atoms with van der Waals surface area (Å²) in [7, 11) is 0. The van der Waals surface area contributed by atoms with Crippen LogP contribution < -0.4 is 10.6 Å². The summed E-state index contributed by atoms with van der Waals surface area (Å²) >= 11 is 0. The highest BCUT2D eigenvalue weighted by Crippen LogP contribution is 2.32. The van der Waals surface area contributed by atoms with Gasteiger partial charge >= 0.3 is 0 Å². The summed E-state index contributed by atoms with van der Waals surface area (Å²) in [6.45, 7) is 4.25. The molecule has 1 aliphatic rings. The number of carbonyl (C=O) groups excluding carboxylic acids is 2. The third-order valence-electron chi connectivity index (χ3n) is 3.12. The molecule has 0 spiro atoms.